The first-order valence-electron chi connectivity index (χ1n) is 8.05. The van der Waals surface area contributed by atoms with Crippen LogP contribution in [0.25, 0.3) is 5.57 Å². The van der Waals surface area contributed by atoms with E-state index in [9.17, 15) is 19.5 Å². The lowest BCUT2D eigenvalue weighted by molar-refractivity contribution is -0.303. The van der Waals surface area contributed by atoms with E-state index in [1.165, 1.54) is 0 Å². The number of amidine groups is 1. The van der Waals surface area contributed by atoms with Crippen LogP contribution in [-0.2, 0) is 19.1 Å². The van der Waals surface area contributed by atoms with Crippen molar-refractivity contribution in [3.8, 4) is 0 Å². The third-order valence-electron chi connectivity index (χ3n) is 4.30. The Labute approximate surface area is 153 Å². The summed E-state index contributed by atoms with van der Waals surface area (Å²) in [6, 6.07) is 6.80. The third-order valence-corrected chi connectivity index (χ3v) is 5.42. The Morgan fingerprint density at radius 3 is 2.69 bits per heavy atom. The van der Waals surface area contributed by atoms with E-state index in [4.69, 9.17) is 4.74 Å². The van der Waals surface area contributed by atoms with E-state index in [2.05, 4.69) is 4.99 Å². The van der Waals surface area contributed by atoms with Crippen LogP contribution in [0.1, 0.15) is 5.56 Å². The van der Waals surface area contributed by atoms with Gasteiger partial charge in [0.1, 0.15) is 0 Å². The molecule has 0 atom stereocenters. The normalized spacial score (nSPS) is 22.7. The van der Waals surface area contributed by atoms with Crippen molar-refractivity contribution in [3.05, 3.63) is 34.7 Å². The number of carboxylic acids is 1. The minimum atomic E-state index is -1.37. The molecule has 4 rings (SSSR count). The van der Waals surface area contributed by atoms with Crippen molar-refractivity contribution >= 4 is 46.0 Å². The number of nitrogens with zero attached hydrogens (tertiary/aromatic N) is 3. The minimum absolute atomic E-state index is 0.198. The summed E-state index contributed by atoms with van der Waals surface area (Å²) in [5.41, 5.74) is 1.19. The molecule has 1 fully saturated rings. The summed E-state index contributed by atoms with van der Waals surface area (Å²) in [5.74, 6) is -2.37. The van der Waals surface area contributed by atoms with Crippen molar-refractivity contribution in [2.75, 3.05) is 37.7 Å². The molecule has 3 aliphatic rings. The van der Waals surface area contributed by atoms with E-state index in [1.54, 1.807) is 24.3 Å². The van der Waals surface area contributed by atoms with Gasteiger partial charge in [-0.1, -0.05) is 18.2 Å². The second-order valence-corrected chi connectivity index (χ2v) is 6.86. The quantitative estimate of drug-likeness (QED) is 0.642. The monoisotopic (exact) mass is 372 g/mol. The van der Waals surface area contributed by atoms with Gasteiger partial charge in [0.05, 0.1) is 41.9 Å². The number of rotatable bonds is 2. The van der Waals surface area contributed by atoms with E-state index < -0.39 is 24.3 Å². The summed E-state index contributed by atoms with van der Waals surface area (Å²) in [6.45, 7) is 1.80. The van der Waals surface area contributed by atoms with Crippen LogP contribution in [0.15, 0.2) is 34.2 Å². The molecule has 1 saturated heterocycles. The largest absolute Gasteiger partial charge is 0.548 e. The zero-order chi connectivity index (χ0) is 18.3. The highest BCUT2D eigenvalue weighted by atomic mass is 32.2. The number of anilines is 1. The van der Waals surface area contributed by atoms with Crippen molar-refractivity contribution in [1.29, 1.82) is 0 Å². The number of morpholine rings is 1. The molecule has 0 aromatic heterocycles. The highest BCUT2D eigenvalue weighted by Gasteiger charge is 2.39. The Bertz CT molecular complexity index is 873. The van der Waals surface area contributed by atoms with Crippen molar-refractivity contribution in [3.63, 3.8) is 0 Å². The van der Waals surface area contributed by atoms with Gasteiger partial charge in [-0.3, -0.25) is 9.59 Å². The van der Waals surface area contributed by atoms with E-state index in [-0.39, 0.29) is 10.5 Å². The zero-order valence-electron chi connectivity index (χ0n) is 13.6. The first kappa shape index (κ1) is 16.8. The topological polar surface area (TPSA) is 102 Å². The van der Waals surface area contributed by atoms with Gasteiger partial charge in [0, 0.05) is 18.7 Å². The van der Waals surface area contributed by atoms with Crippen LogP contribution in [0.2, 0.25) is 0 Å². The van der Waals surface area contributed by atoms with Gasteiger partial charge in [0.15, 0.2) is 5.17 Å². The number of fused-ring (bicyclic) bond motifs is 1. The smallest absolute Gasteiger partial charge is 0.287 e. The maximum atomic E-state index is 12.8. The Kier molecular flexibility index (Phi) is 4.25. The summed E-state index contributed by atoms with van der Waals surface area (Å²) in [4.78, 5) is 43.7. The summed E-state index contributed by atoms with van der Waals surface area (Å²) in [6.07, 6.45) is 0. The average molecular weight is 372 g/mol. The summed E-state index contributed by atoms with van der Waals surface area (Å²) in [5, 5.41) is 11.6. The molecular weight excluding hydrogens is 358 g/mol. The zero-order valence-corrected chi connectivity index (χ0v) is 14.5. The highest BCUT2D eigenvalue weighted by Crippen LogP contribution is 2.43. The molecule has 1 aromatic carbocycles. The summed E-state index contributed by atoms with van der Waals surface area (Å²) in [7, 11) is 0. The third kappa shape index (κ3) is 2.78. The van der Waals surface area contributed by atoms with Crippen molar-refractivity contribution in [2.45, 2.75) is 0 Å². The molecule has 0 aliphatic carbocycles. The van der Waals surface area contributed by atoms with Gasteiger partial charge in [-0.2, -0.15) is 4.99 Å². The number of ether oxygens (including phenoxy) is 1. The van der Waals surface area contributed by atoms with Crippen LogP contribution < -0.4 is 10.0 Å². The fourth-order valence-corrected chi connectivity index (χ4v) is 4.18. The van der Waals surface area contributed by atoms with Crippen molar-refractivity contribution < 1.29 is 24.2 Å². The van der Waals surface area contributed by atoms with E-state index >= 15 is 0 Å². The summed E-state index contributed by atoms with van der Waals surface area (Å²) >= 11 is 1.15. The van der Waals surface area contributed by atoms with Crippen LogP contribution in [0.4, 0.5) is 5.69 Å². The lowest BCUT2D eigenvalue weighted by Crippen LogP contribution is -2.39. The average Bonchev–Trinajstić information content (AvgIpc) is 3.14. The number of carbonyl (C=O) groups excluding carboxylic acids is 3. The van der Waals surface area contributed by atoms with E-state index in [1.807, 2.05) is 4.90 Å². The molecule has 0 spiro atoms. The molecule has 1 aromatic rings. The van der Waals surface area contributed by atoms with Crippen molar-refractivity contribution in [1.82, 2.24) is 4.90 Å². The molecule has 0 N–H and O–H groups in total. The number of aliphatic imine (C=N–C) groups is 1. The molecule has 26 heavy (non-hydrogen) atoms. The van der Waals surface area contributed by atoms with E-state index in [0.717, 1.165) is 16.7 Å². The number of aliphatic carboxylic acids is 1. The fraction of sp³-hybridized carbons (Fsp3) is 0.294. The number of hydrogen-bond acceptors (Lipinski definition) is 7. The van der Waals surface area contributed by atoms with Gasteiger partial charge >= 0.3 is 0 Å². The molecule has 9 heteroatoms. The molecule has 0 saturated carbocycles. The molecule has 0 bridgehead atoms. The molecule has 0 unspecified atom stereocenters. The standard InChI is InChI=1S/C17H15N3O5S/c21-12(22)9-20-11-4-2-1-3-10(11)13(16(20)24)14-15(23)18-17(26-14)19-5-7-25-8-6-19/h1-4H,5-9H2,(H,21,22)/p-1/b14-13+. The van der Waals surface area contributed by atoms with Gasteiger partial charge in [0.25, 0.3) is 11.8 Å². The first-order valence-corrected chi connectivity index (χ1v) is 8.87. The van der Waals surface area contributed by atoms with Gasteiger partial charge < -0.3 is 24.4 Å². The Balaban J connectivity index is 1.72. The van der Waals surface area contributed by atoms with Gasteiger partial charge in [-0.15, -0.1) is 0 Å². The Morgan fingerprint density at radius 2 is 1.96 bits per heavy atom. The number of thioether (sulfide) groups is 1. The Morgan fingerprint density at radius 1 is 1.23 bits per heavy atom. The van der Waals surface area contributed by atoms with Gasteiger partial charge in [0.2, 0.25) is 0 Å². The van der Waals surface area contributed by atoms with Crippen LogP contribution in [0.3, 0.4) is 0 Å². The second kappa shape index (κ2) is 6.58. The predicted octanol–water partition coefficient (Wildman–Crippen LogP) is -0.544. The number of hydrogen-bond donors (Lipinski definition) is 0. The Hall–Kier alpha value is -2.65. The number of carboxylic acid groups (broad SMARTS) is 1. The van der Waals surface area contributed by atoms with Gasteiger partial charge in [-0.05, 0) is 17.8 Å². The van der Waals surface area contributed by atoms with Crippen LogP contribution in [0.5, 0.6) is 0 Å². The van der Waals surface area contributed by atoms with Crippen LogP contribution in [0, 0.1) is 0 Å². The molecule has 3 aliphatic heterocycles. The maximum Gasteiger partial charge on any atom is 0.287 e. The highest BCUT2D eigenvalue weighted by molar-refractivity contribution is 8.18. The number of benzene rings is 1. The molecular formula is C17H14N3O5S-. The predicted molar refractivity (Wildman–Crippen MR) is 93.1 cm³/mol. The maximum absolute atomic E-state index is 12.8. The second-order valence-electron chi connectivity index (χ2n) is 5.89. The lowest BCUT2D eigenvalue weighted by Gasteiger charge is -2.27. The van der Waals surface area contributed by atoms with Crippen LogP contribution in [-0.4, -0.2) is 60.7 Å². The number of carbonyl (C=O) groups is 3. The first-order chi connectivity index (χ1) is 12.6. The lowest BCUT2D eigenvalue weighted by atomic mass is 10.1. The molecule has 8 nitrogen and oxygen atoms in total. The SMILES string of the molecule is O=C([O-])CN1C(=O)/C(=C2/SC(N3CCOCC3)=NC2=O)c2ccccc21. The fourth-order valence-electron chi connectivity index (χ4n) is 3.13. The summed E-state index contributed by atoms with van der Waals surface area (Å²) < 4.78 is 5.30. The molecule has 134 valence electrons. The van der Waals surface area contributed by atoms with Gasteiger partial charge in [-0.25, -0.2) is 0 Å². The van der Waals surface area contributed by atoms with E-state index in [0.29, 0.717) is 42.7 Å². The van der Waals surface area contributed by atoms with Crippen LogP contribution >= 0.6 is 11.8 Å². The molecule has 2 amide bonds. The minimum Gasteiger partial charge on any atom is -0.548 e. The number of amides is 2. The molecule has 3 heterocycles. The van der Waals surface area contributed by atoms with Crippen molar-refractivity contribution in [2.24, 2.45) is 4.99 Å². The number of para-hydroxylation sites is 1. The molecule has 0 radical (unpaired) electrons.